The van der Waals surface area contributed by atoms with Gasteiger partial charge in [-0.2, -0.15) is 0 Å². The van der Waals surface area contributed by atoms with Crippen molar-refractivity contribution in [2.75, 3.05) is 6.61 Å². The number of aromatic hydroxyl groups is 1. The smallest absolute Gasteiger partial charge is 0.338 e. The number of aromatic nitrogens is 1. The lowest BCUT2D eigenvalue weighted by Crippen LogP contribution is -2.06. The Morgan fingerprint density at radius 1 is 1.16 bits per heavy atom. The van der Waals surface area contributed by atoms with E-state index in [1.54, 1.807) is 25.1 Å². The summed E-state index contributed by atoms with van der Waals surface area (Å²) < 4.78 is 7.99. The van der Waals surface area contributed by atoms with Gasteiger partial charge in [0.15, 0.2) is 0 Å². The van der Waals surface area contributed by atoms with Crippen molar-refractivity contribution in [2.45, 2.75) is 13.3 Å². The summed E-state index contributed by atoms with van der Waals surface area (Å²) in [5.41, 5.74) is 3.23. The van der Waals surface area contributed by atoms with Crippen molar-refractivity contribution < 1.29 is 14.6 Å². The average molecular weight is 400 g/mol. The molecule has 2 aromatic carbocycles. The molecule has 0 unspecified atom stereocenters. The topological polar surface area (TPSA) is 51.5 Å². The van der Waals surface area contributed by atoms with Gasteiger partial charge in [0, 0.05) is 34.0 Å². The molecule has 0 aliphatic carbocycles. The molecule has 1 N–H and O–H groups in total. The number of halogens is 1. The van der Waals surface area contributed by atoms with Crippen LogP contribution >= 0.6 is 15.9 Å². The lowest BCUT2D eigenvalue weighted by Gasteiger charge is -2.12. The predicted octanol–water partition coefficient (Wildman–Crippen LogP) is 4.71. The zero-order valence-electron chi connectivity index (χ0n) is 13.8. The molecule has 128 valence electrons. The van der Waals surface area contributed by atoms with Crippen molar-refractivity contribution >= 4 is 21.9 Å². The van der Waals surface area contributed by atoms with E-state index < -0.39 is 0 Å². The number of nitrogens with zero attached hydrogens (tertiary/aromatic N) is 1. The molecule has 4 nitrogen and oxygen atoms in total. The maximum absolute atomic E-state index is 12.0. The Kier molecular flexibility index (Phi) is 5.24. The van der Waals surface area contributed by atoms with Gasteiger partial charge in [0.1, 0.15) is 5.75 Å². The predicted molar refractivity (Wildman–Crippen MR) is 100 cm³/mol. The fraction of sp³-hybridized carbons (Fsp3) is 0.150. The second-order valence-corrected chi connectivity index (χ2v) is 6.51. The standard InChI is InChI=1S/C20H18BrNO3/c1-2-25-20(24)14-5-3-6-17(12-14)22-10-4-7-18(22)13-15-11-16(21)8-9-19(15)23/h3-12,23H,2,13H2,1H3. The quantitative estimate of drug-likeness (QED) is 0.631. The molecule has 3 aromatic rings. The lowest BCUT2D eigenvalue weighted by molar-refractivity contribution is 0.0526. The number of carbonyl (C=O) groups excluding carboxylic acids is 1. The molecule has 0 amide bonds. The van der Waals surface area contributed by atoms with Gasteiger partial charge in [0.2, 0.25) is 0 Å². The zero-order valence-corrected chi connectivity index (χ0v) is 15.4. The van der Waals surface area contributed by atoms with Crippen LogP contribution in [0.4, 0.5) is 0 Å². The van der Waals surface area contributed by atoms with Crippen molar-refractivity contribution in [1.29, 1.82) is 0 Å². The molecule has 0 radical (unpaired) electrons. The van der Waals surface area contributed by atoms with Crippen molar-refractivity contribution in [3.8, 4) is 11.4 Å². The van der Waals surface area contributed by atoms with E-state index in [1.165, 1.54) is 0 Å². The summed E-state index contributed by atoms with van der Waals surface area (Å²) in [4.78, 5) is 12.0. The van der Waals surface area contributed by atoms with Gasteiger partial charge in [0.25, 0.3) is 0 Å². The first kappa shape index (κ1) is 17.3. The number of hydrogen-bond acceptors (Lipinski definition) is 3. The van der Waals surface area contributed by atoms with Crippen LogP contribution in [0.3, 0.4) is 0 Å². The Bertz CT molecular complexity index is 901. The second-order valence-electron chi connectivity index (χ2n) is 5.59. The number of ether oxygens (including phenoxy) is 1. The minimum Gasteiger partial charge on any atom is -0.508 e. The highest BCUT2D eigenvalue weighted by molar-refractivity contribution is 9.10. The van der Waals surface area contributed by atoms with E-state index in [-0.39, 0.29) is 11.7 Å². The van der Waals surface area contributed by atoms with Gasteiger partial charge in [-0.15, -0.1) is 0 Å². The van der Waals surface area contributed by atoms with Gasteiger partial charge in [-0.05, 0) is 55.5 Å². The van der Waals surface area contributed by atoms with E-state index in [0.29, 0.717) is 18.6 Å². The van der Waals surface area contributed by atoms with E-state index >= 15 is 0 Å². The highest BCUT2D eigenvalue weighted by Crippen LogP contribution is 2.26. The number of phenolic OH excluding ortho intramolecular Hbond substituents is 1. The second kappa shape index (κ2) is 7.57. The molecule has 0 spiro atoms. The molecule has 0 saturated carbocycles. The van der Waals surface area contributed by atoms with Crippen molar-refractivity contribution in [3.63, 3.8) is 0 Å². The Balaban J connectivity index is 1.93. The van der Waals surface area contributed by atoms with E-state index in [9.17, 15) is 9.90 Å². The minimum absolute atomic E-state index is 0.260. The Morgan fingerprint density at radius 3 is 2.80 bits per heavy atom. The van der Waals surface area contributed by atoms with E-state index in [0.717, 1.165) is 21.4 Å². The van der Waals surface area contributed by atoms with Gasteiger partial charge >= 0.3 is 5.97 Å². The van der Waals surface area contributed by atoms with Crippen molar-refractivity contribution in [1.82, 2.24) is 4.57 Å². The molecule has 1 aromatic heterocycles. The normalized spacial score (nSPS) is 10.6. The molecule has 0 saturated heterocycles. The summed E-state index contributed by atoms with van der Waals surface area (Å²) in [6.45, 7) is 2.14. The van der Waals surface area contributed by atoms with Gasteiger partial charge in [-0.25, -0.2) is 4.79 Å². The van der Waals surface area contributed by atoms with Crippen LogP contribution in [0, 0.1) is 0 Å². The summed E-state index contributed by atoms with van der Waals surface area (Å²) in [6.07, 6.45) is 2.51. The van der Waals surface area contributed by atoms with Crippen LogP contribution in [0.1, 0.15) is 28.5 Å². The SMILES string of the molecule is CCOC(=O)c1cccc(-n2cccc2Cc2cc(Br)ccc2O)c1. The molecule has 0 aliphatic heterocycles. The van der Waals surface area contributed by atoms with Crippen LogP contribution in [0.2, 0.25) is 0 Å². The highest BCUT2D eigenvalue weighted by Gasteiger charge is 2.11. The number of rotatable bonds is 5. The van der Waals surface area contributed by atoms with Crippen LogP contribution in [-0.2, 0) is 11.2 Å². The fourth-order valence-electron chi connectivity index (χ4n) is 2.70. The molecule has 0 fully saturated rings. The summed E-state index contributed by atoms with van der Waals surface area (Å²) in [7, 11) is 0. The Morgan fingerprint density at radius 2 is 2.00 bits per heavy atom. The number of benzene rings is 2. The van der Waals surface area contributed by atoms with E-state index in [1.807, 2.05) is 47.2 Å². The van der Waals surface area contributed by atoms with Crippen LogP contribution in [0.5, 0.6) is 5.75 Å². The molecule has 0 aliphatic rings. The first-order valence-electron chi connectivity index (χ1n) is 7.99. The first-order chi connectivity index (χ1) is 12.1. The third kappa shape index (κ3) is 3.94. The maximum Gasteiger partial charge on any atom is 0.338 e. The number of esters is 1. The van der Waals surface area contributed by atoms with Crippen LogP contribution in [-0.4, -0.2) is 22.2 Å². The molecule has 5 heteroatoms. The Hall–Kier alpha value is -2.53. The van der Waals surface area contributed by atoms with Crippen LogP contribution < -0.4 is 0 Å². The van der Waals surface area contributed by atoms with E-state index in [2.05, 4.69) is 15.9 Å². The minimum atomic E-state index is -0.331. The first-order valence-corrected chi connectivity index (χ1v) is 8.79. The molecular weight excluding hydrogens is 382 g/mol. The lowest BCUT2D eigenvalue weighted by atomic mass is 10.1. The highest BCUT2D eigenvalue weighted by atomic mass is 79.9. The number of phenols is 1. The zero-order chi connectivity index (χ0) is 17.8. The maximum atomic E-state index is 12.0. The van der Waals surface area contributed by atoms with Gasteiger partial charge in [0.05, 0.1) is 12.2 Å². The van der Waals surface area contributed by atoms with E-state index in [4.69, 9.17) is 4.74 Å². The molecular formula is C20H18BrNO3. The van der Waals surface area contributed by atoms with Crippen LogP contribution in [0.25, 0.3) is 5.69 Å². The third-order valence-corrected chi connectivity index (χ3v) is 4.38. The van der Waals surface area contributed by atoms with Gasteiger partial charge in [-0.3, -0.25) is 0 Å². The monoisotopic (exact) mass is 399 g/mol. The molecule has 3 rings (SSSR count). The third-order valence-electron chi connectivity index (χ3n) is 3.88. The van der Waals surface area contributed by atoms with Gasteiger partial charge in [-0.1, -0.05) is 22.0 Å². The Labute approximate surface area is 154 Å². The fourth-order valence-corrected chi connectivity index (χ4v) is 3.11. The number of hydrogen-bond donors (Lipinski definition) is 1. The van der Waals surface area contributed by atoms with Crippen molar-refractivity contribution in [3.05, 3.63) is 82.1 Å². The van der Waals surface area contributed by atoms with Crippen LogP contribution in [0.15, 0.2) is 65.3 Å². The molecule has 0 atom stereocenters. The molecule has 0 bridgehead atoms. The average Bonchev–Trinajstić information content (AvgIpc) is 3.07. The number of carbonyl (C=O) groups is 1. The summed E-state index contributed by atoms with van der Waals surface area (Å²) in [5.74, 6) is -0.0704. The van der Waals surface area contributed by atoms with Crippen molar-refractivity contribution in [2.24, 2.45) is 0 Å². The molecule has 25 heavy (non-hydrogen) atoms. The summed E-state index contributed by atoms with van der Waals surface area (Å²) in [5, 5.41) is 10.1. The summed E-state index contributed by atoms with van der Waals surface area (Å²) >= 11 is 3.43. The largest absolute Gasteiger partial charge is 0.508 e. The summed E-state index contributed by atoms with van der Waals surface area (Å²) in [6, 6.07) is 16.7. The molecule has 1 heterocycles. The van der Waals surface area contributed by atoms with Gasteiger partial charge < -0.3 is 14.4 Å².